The third-order valence-corrected chi connectivity index (χ3v) is 4.36. The van der Waals surface area contributed by atoms with Gasteiger partial charge in [0.1, 0.15) is 5.75 Å². The summed E-state index contributed by atoms with van der Waals surface area (Å²) in [6.45, 7) is 3.63. The molecule has 0 radical (unpaired) electrons. The molecule has 5 nitrogen and oxygen atoms in total. The van der Waals surface area contributed by atoms with Crippen molar-refractivity contribution >= 4 is 17.6 Å². The number of carbonyl (C=O) groups excluding carboxylic acids is 1. The zero-order valence-corrected chi connectivity index (χ0v) is 15.7. The Morgan fingerprint density at radius 1 is 1.15 bits per heavy atom. The van der Waals surface area contributed by atoms with Crippen LogP contribution in [0.25, 0.3) is 0 Å². The average Bonchev–Trinajstić information content (AvgIpc) is 2.65. The van der Waals surface area contributed by atoms with Gasteiger partial charge < -0.3 is 14.2 Å². The Balaban J connectivity index is 2.58. The summed E-state index contributed by atoms with van der Waals surface area (Å²) in [6, 6.07) is 14.2. The van der Waals surface area contributed by atoms with Crippen LogP contribution in [0.4, 0.5) is 0 Å². The van der Waals surface area contributed by atoms with E-state index in [1.807, 2.05) is 0 Å². The Morgan fingerprint density at radius 3 is 2.42 bits per heavy atom. The first-order valence-electron chi connectivity index (χ1n) is 8.22. The molecule has 136 valence electrons. The van der Waals surface area contributed by atoms with Gasteiger partial charge in [0.2, 0.25) is 0 Å². The Kier molecular flexibility index (Phi) is 6.48. The molecule has 0 aliphatic heterocycles. The minimum atomic E-state index is -1.48. The third-order valence-electron chi connectivity index (χ3n) is 4.04. The lowest BCUT2D eigenvalue weighted by molar-refractivity contribution is -0.148. The van der Waals surface area contributed by atoms with Crippen molar-refractivity contribution in [2.75, 3.05) is 13.7 Å². The molecule has 0 fully saturated rings. The van der Waals surface area contributed by atoms with Crippen molar-refractivity contribution in [2.24, 2.45) is 0 Å². The van der Waals surface area contributed by atoms with E-state index in [9.17, 15) is 10.1 Å². The Labute approximate surface area is 158 Å². The molecule has 0 aliphatic carbocycles. The third kappa shape index (κ3) is 3.61. The van der Waals surface area contributed by atoms with Crippen LogP contribution >= 0.6 is 11.6 Å². The molecule has 0 amide bonds. The number of ether oxygens (including phenoxy) is 3. The Morgan fingerprint density at radius 2 is 1.85 bits per heavy atom. The molecule has 0 N–H and O–H groups in total. The molecule has 1 unspecified atom stereocenters. The van der Waals surface area contributed by atoms with Crippen LogP contribution in [0.3, 0.4) is 0 Å². The van der Waals surface area contributed by atoms with E-state index in [0.29, 0.717) is 27.8 Å². The monoisotopic (exact) mass is 373 g/mol. The van der Waals surface area contributed by atoms with E-state index in [4.69, 9.17) is 25.8 Å². The molecule has 0 aliphatic rings. The van der Waals surface area contributed by atoms with Crippen molar-refractivity contribution < 1.29 is 19.0 Å². The van der Waals surface area contributed by atoms with Gasteiger partial charge in [-0.25, -0.2) is 4.79 Å². The fraction of sp³-hybridized carbons (Fsp3) is 0.300. The minimum absolute atomic E-state index is 0.181. The fourth-order valence-corrected chi connectivity index (χ4v) is 2.85. The number of esters is 1. The number of rotatable bonds is 7. The number of carbonyl (C=O) groups is 1. The first-order chi connectivity index (χ1) is 12.5. The van der Waals surface area contributed by atoms with Gasteiger partial charge in [0.25, 0.3) is 0 Å². The normalized spacial score (nSPS) is 12.6. The molecule has 0 aromatic heterocycles. The molecular formula is C20H20ClNO4. The van der Waals surface area contributed by atoms with Crippen LogP contribution in [0.5, 0.6) is 17.2 Å². The first kappa shape index (κ1) is 19.6. The molecule has 2 rings (SSSR count). The van der Waals surface area contributed by atoms with Gasteiger partial charge in [-0.1, -0.05) is 42.8 Å². The van der Waals surface area contributed by atoms with Crippen LogP contribution in [-0.4, -0.2) is 19.7 Å². The molecule has 0 bridgehead atoms. The largest absolute Gasteiger partial charge is 0.492 e. The standard InChI is InChI=1S/C20H20ClNO4/c1-4-20(13-22,19(23)25-5-2)14-9-8-12-17(18(14)24-3)26-16-11-7-6-10-15(16)21/h6-12H,4-5H2,1-3H3. The molecular weight excluding hydrogens is 354 g/mol. The second-order valence-corrected chi connectivity index (χ2v) is 5.87. The summed E-state index contributed by atoms with van der Waals surface area (Å²) in [4.78, 5) is 12.6. The van der Waals surface area contributed by atoms with Crippen LogP contribution in [-0.2, 0) is 14.9 Å². The second kappa shape index (κ2) is 8.59. The topological polar surface area (TPSA) is 68.6 Å². The van der Waals surface area contributed by atoms with E-state index in [1.165, 1.54) is 7.11 Å². The van der Waals surface area contributed by atoms with Crippen molar-refractivity contribution in [1.29, 1.82) is 5.26 Å². The summed E-state index contributed by atoms with van der Waals surface area (Å²) in [5.41, 5.74) is -1.09. The Bertz CT molecular complexity index is 831. The number of nitrogens with zero attached hydrogens (tertiary/aromatic N) is 1. The van der Waals surface area contributed by atoms with Crippen molar-refractivity contribution in [2.45, 2.75) is 25.7 Å². The first-order valence-corrected chi connectivity index (χ1v) is 8.60. The highest BCUT2D eigenvalue weighted by Crippen LogP contribution is 2.43. The SMILES string of the molecule is CCOC(=O)C(C#N)(CC)c1cccc(Oc2ccccc2Cl)c1OC. The quantitative estimate of drug-likeness (QED) is 0.647. The highest BCUT2D eigenvalue weighted by molar-refractivity contribution is 6.32. The van der Waals surface area contributed by atoms with Crippen molar-refractivity contribution in [3.63, 3.8) is 0 Å². The van der Waals surface area contributed by atoms with E-state index < -0.39 is 11.4 Å². The van der Waals surface area contributed by atoms with Crippen LogP contribution in [0, 0.1) is 11.3 Å². The van der Waals surface area contributed by atoms with Gasteiger partial charge >= 0.3 is 5.97 Å². The highest BCUT2D eigenvalue weighted by atomic mass is 35.5. The maximum absolute atomic E-state index is 12.6. The number of nitriles is 1. The molecule has 2 aromatic carbocycles. The summed E-state index contributed by atoms with van der Waals surface area (Å²) in [7, 11) is 1.46. The van der Waals surface area contributed by atoms with Gasteiger partial charge in [-0.3, -0.25) is 0 Å². The second-order valence-electron chi connectivity index (χ2n) is 5.46. The van der Waals surface area contributed by atoms with Crippen LogP contribution < -0.4 is 9.47 Å². The lowest BCUT2D eigenvalue weighted by atomic mass is 9.78. The molecule has 0 spiro atoms. The molecule has 0 saturated carbocycles. The van der Waals surface area contributed by atoms with Gasteiger partial charge in [-0.2, -0.15) is 5.26 Å². The lowest BCUT2D eigenvalue weighted by Crippen LogP contribution is -2.36. The zero-order chi connectivity index (χ0) is 19.2. The van der Waals surface area contributed by atoms with Gasteiger partial charge in [-0.15, -0.1) is 0 Å². The molecule has 26 heavy (non-hydrogen) atoms. The number of benzene rings is 2. The maximum atomic E-state index is 12.6. The number of para-hydroxylation sites is 2. The smallest absolute Gasteiger partial charge is 0.331 e. The summed E-state index contributed by atoms with van der Waals surface area (Å²) in [5.74, 6) is 0.484. The average molecular weight is 374 g/mol. The zero-order valence-electron chi connectivity index (χ0n) is 14.9. The summed E-state index contributed by atoms with van der Waals surface area (Å²) in [5, 5.41) is 10.2. The maximum Gasteiger partial charge on any atom is 0.331 e. The van der Waals surface area contributed by atoms with E-state index in [0.717, 1.165) is 0 Å². The van der Waals surface area contributed by atoms with Crippen molar-refractivity contribution in [3.05, 3.63) is 53.1 Å². The number of hydrogen-bond acceptors (Lipinski definition) is 5. The summed E-state index contributed by atoms with van der Waals surface area (Å²) < 4.78 is 16.5. The van der Waals surface area contributed by atoms with Crippen LogP contribution in [0.15, 0.2) is 42.5 Å². The van der Waals surface area contributed by atoms with Gasteiger partial charge in [0.15, 0.2) is 16.9 Å². The predicted octanol–water partition coefficient (Wildman–Crippen LogP) is 4.88. The molecule has 1 atom stereocenters. The minimum Gasteiger partial charge on any atom is -0.492 e. The number of halogens is 1. The van der Waals surface area contributed by atoms with E-state index in [2.05, 4.69) is 6.07 Å². The fourth-order valence-electron chi connectivity index (χ4n) is 2.67. The molecule has 2 aromatic rings. The van der Waals surface area contributed by atoms with Gasteiger partial charge in [0.05, 0.1) is 24.8 Å². The number of methoxy groups -OCH3 is 1. The van der Waals surface area contributed by atoms with Crippen LogP contribution in [0.1, 0.15) is 25.8 Å². The van der Waals surface area contributed by atoms with E-state index >= 15 is 0 Å². The lowest BCUT2D eigenvalue weighted by Gasteiger charge is -2.26. The molecule has 6 heteroatoms. The Hall–Kier alpha value is -2.71. The van der Waals surface area contributed by atoms with Gasteiger partial charge in [-0.05, 0) is 31.5 Å². The highest BCUT2D eigenvalue weighted by Gasteiger charge is 2.43. The van der Waals surface area contributed by atoms with E-state index in [-0.39, 0.29) is 13.0 Å². The molecule has 0 heterocycles. The number of hydrogen-bond donors (Lipinski definition) is 0. The van der Waals surface area contributed by atoms with Crippen molar-refractivity contribution in [1.82, 2.24) is 0 Å². The van der Waals surface area contributed by atoms with Crippen molar-refractivity contribution in [3.8, 4) is 23.3 Å². The molecule has 0 saturated heterocycles. The predicted molar refractivity (Wildman–Crippen MR) is 98.7 cm³/mol. The van der Waals surface area contributed by atoms with E-state index in [1.54, 1.807) is 56.3 Å². The van der Waals surface area contributed by atoms with Gasteiger partial charge in [0, 0.05) is 5.56 Å². The summed E-state index contributed by atoms with van der Waals surface area (Å²) >= 11 is 6.15. The van der Waals surface area contributed by atoms with Crippen LogP contribution in [0.2, 0.25) is 5.02 Å². The summed E-state index contributed by atoms with van der Waals surface area (Å²) in [6.07, 6.45) is 0.230.